The van der Waals surface area contributed by atoms with Gasteiger partial charge in [0.25, 0.3) is 5.56 Å². The highest BCUT2D eigenvalue weighted by molar-refractivity contribution is 5.79. The summed E-state index contributed by atoms with van der Waals surface area (Å²) in [7, 11) is 0. The predicted octanol–water partition coefficient (Wildman–Crippen LogP) is 2.53. The first-order chi connectivity index (χ1) is 13.0. The monoisotopic (exact) mass is 369 g/mol. The summed E-state index contributed by atoms with van der Waals surface area (Å²) in [5, 5.41) is 0. The molecule has 0 bridgehead atoms. The van der Waals surface area contributed by atoms with Crippen molar-refractivity contribution in [3.8, 4) is 11.5 Å². The molecule has 1 N–H and O–H groups in total. The van der Waals surface area contributed by atoms with Gasteiger partial charge in [0, 0.05) is 12.6 Å². The Morgan fingerprint density at radius 3 is 2.93 bits per heavy atom. The van der Waals surface area contributed by atoms with Crippen LogP contribution in [0.15, 0.2) is 29.1 Å². The van der Waals surface area contributed by atoms with Crippen molar-refractivity contribution < 1.29 is 14.3 Å². The Morgan fingerprint density at radius 1 is 1.30 bits per heavy atom. The van der Waals surface area contributed by atoms with Crippen LogP contribution < -0.4 is 15.0 Å². The second-order valence-corrected chi connectivity index (χ2v) is 7.32. The topological polar surface area (TPSA) is 84.5 Å². The normalized spacial score (nSPS) is 18.3. The first kappa shape index (κ1) is 17.6. The van der Waals surface area contributed by atoms with Crippen molar-refractivity contribution in [3.63, 3.8) is 0 Å². The maximum absolute atomic E-state index is 12.9. The zero-order valence-electron chi connectivity index (χ0n) is 15.5. The molecule has 0 saturated carbocycles. The molecule has 1 amide bonds. The van der Waals surface area contributed by atoms with Crippen LogP contribution >= 0.6 is 0 Å². The maximum Gasteiger partial charge on any atom is 0.251 e. The number of nitrogens with one attached hydrogen (secondary N) is 1. The summed E-state index contributed by atoms with van der Waals surface area (Å²) in [4.78, 5) is 34.2. The number of hydrogen-bond acceptors (Lipinski definition) is 5. The van der Waals surface area contributed by atoms with Gasteiger partial charge in [-0.1, -0.05) is 19.9 Å². The molecule has 1 fully saturated rings. The largest absolute Gasteiger partial charge is 0.454 e. The summed E-state index contributed by atoms with van der Waals surface area (Å²) < 4.78 is 10.7. The van der Waals surface area contributed by atoms with Crippen LogP contribution in [0.3, 0.4) is 0 Å². The average Bonchev–Trinajstić information content (AvgIpc) is 3.30. The maximum atomic E-state index is 12.9. The van der Waals surface area contributed by atoms with Crippen molar-refractivity contribution in [2.24, 2.45) is 0 Å². The molecular weight excluding hydrogens is 346 g/mol. The highest BCUT2D eigenvalue weighted by Crippen LogP contribution is 2.34. The van der Waals surface area contributed by atoms with E-state index in [9.17, 15) is 9.59 Å². The van der Waals surface area contributed by atoms with Crippen molar-refractivity contribution >= 4 is 5.91 Å². The van der Waals surface area contributed by atoms with Crippen molar-refractivity contribution in [3.05, 3.63) is 51.7 Å². The molecule has 2 aromatic rings. The molecule has 2 aliphatic heterocycles. The highest BCUT2D eigenvalue weighted by atomic mass is 16.7. The molecule has 1 aromatic heterocycles. The lowest BCUT2D eigenvalue weighted by molar-refractivity contribution is -0.131. The third kappa shape index (κ3) is 3.54. The lowest BCUT2D eigenvalue weighted by Crippen LogP contribution is -2.33. The number of amides is 1. The smallest absolute Gasteiger partial charge is 0.251 e. The lowest BCUT2D eigenvalue weighted by atomic mass is 10.1. The Morgan fingerprint density at radius 2 is 2.11 bits per heavy atom. The Balaban J connectivity index is 1.54. The second kappa shape index (κ2) is 7.06. The molecule has 1 aromatic carbocycles. The SMILES string of the molecule is CC(C)c1cc(=O)[nH]c([C@@H]2CCCN2C(=O)Cc2ccc3c(c2)OCO3)n1. The van der Waals surface area contributed by atoms with Gasteiger partial charge in [-0.15, -0.1) is 0 Å². The molecule has 4 rings (SSSR count). The summed E-state index contributed by atoms with van der Waals surface area (Å²) in [6.45, 7) is 4.89. The molecule has 2 aliphatic rings. The van der Waals surface area contributed by atoms with Crippen LogP contribution in [0.1, 0.15) is 55.7 Å². The summed E-state index contributed by atoms with van der Waals surface area (Å²) in [6.07, 6.45) is 1.98. The molecule has 7 nitrogen and oxygen atoms in total. The number of aromatic amines is 1. The first-order valence-corrected chi connectivity index (χ1v) is 9.30. The van der Waals surface area contributed by atoms with Crippen LogP contribution in [-0.4, -0.2) is 34.1 Å². The van der Waals surface area contributed by atoms with Crippen molar-refractivity contribution in [2.45, 2.75) is 45.1 Å². The molecule has 0 radical (unpaired) electrons. The molecule has 142 valence electrons. The minimum atomic E-state index is -0.182. The van der Waals surface area contributed by atoms with E-state index in [-0.39, 0.29) is 36.6 Å². The van der Waals surface area contributed by atoms with E-state index in [2.05, 4.69) is 9.97 Å². The number of fused-ring (bicyclic) bond motifs is 1. The van der Waals surface area contributed by atoms with Crippen LogP contribution in [0.2, 0.25) is 0 Å². The zero-order valence-corrected chi connectivity index (χ0v) is 15.5. The fourth-order valence-corrected chi connectivity index (χ4v) is 3.63. The Hall–Kier alpha value is -2.83. The van der Waals surface area contributed by atoms with Gasteiger partial charge in [-0.25, -0.2) is 4.98 Å². The van der Waals surface area contributed by atoms with Crippen LogP contribution in [0.4, 0.5) is 0 Å². The standard InChI is InChI=1S/C20H23N3O4/c1-12(2)14-10-18(24)22-20(21-14)15-4-3-7-23(15)19(25)9-13-5-6-16-17(8-13)27-11-26-16/h5-6,8,10,12,15H,3-4,7,9,11H2,1-2H3,(H,21,22,24)/t15-/m0/s1. The second-order valence-electron chi connectivity index (χ2n) is 7.32. The van der Waals surface area contributed by atoms with Gasteiger partial charge < -0.3 is 19.4 Å². The van der Waals surface area contributed by atoms with Gasteiger partial charge in [-0.3, -0.25) is 9.59 Å². The summed E-state index contributed by atoms with van der Waals surface area (Å²) in [6, 6.07) is 6.92. The van der Waals surface area contributed by atoms with Crippen molar-refractivity contribution in [1.29, 1.82) is 0 Å². The zero-order chi connectivity index (χ0) is 19.0. The van der Waals surface area contributed by atoms with Crippen LogP contribution in [0.25, 0.3) is 0 Å². The van der Waals surface area contributed by atoms with Gasteiger partial charge in [0.2, 0.25) is 12.7 Å². The Bertz CT molecular complexity index is 922. The lowest BCUT2D eigenvalue weighted by Gasteiger charge is -2.24. The summed E-state index contributed by atoms with van der Waals surface area (Å²) in [5.74, 6) is 2.15. The number of aromatic nitrogens is 2. The number of H-pyrrole nitrogens is 1. The van der Waals surface area contributed by atoms with Crippen LogP contribution in [-0.2, 0) is 11.2 Å². The molecule has 0 unspecified atom stereocenters. The van der Waals surface area contributed by atoms with Gasteiger partial charge in [-0.2, -0.15) is 0 Å². The molecular formula is C20H23N3O4. The number of rotatable bonds is 4. The molecule has 0 spiro atoms. The van der Waals surface area contributed by atoms with Gasteiger partial charge in [0.05, 0.1) is 18.2 Å². The Labute approximate surface area is 157 Å². The van der Waals surface area contributed by atoms with E-state index in [1.807, 2.05) is 36.9 Å². The van der Waals surface area contributed by atoms with Gasteiger partial charge in [-0.05, 0) is 36.5 Å². The molecule has 7 heteroatoms. The fourth-order valence-electron chi connectivity index (χ4n) is 3.63. The van der Waals surface area contributed by atoms with Crippen LogP contribution in [0.5, 0.6) is 11.5 Å². The minimum Gasteiger partial charge on any atom is -0.454 e. The van der Waals surface area contributed by atoms with E-state index in [1.54, 1.807) is 0 Å². The summed E-state index contributed by atoms with van der Waals surface area (Å²) >= 11 is 0. The van der Waals surface area contributed by atoms with Crippen LogP contribution in [0, 0.1) is 0 Å². The number of carbonyl (C=O) groups excluding carboxylic acids is 1. The molecule has 1 saturated heterocycles. The third-order valence-corrected chi connectivity index (χ3v) is 5.05. The van der Waals surface area contributed by atoms with Gasteiger partial charge in [0.1, 0.15) is 5.82 Å². The molecule has 27 heavy (non-hydrogen) atoms. The van der Waals surface area contributed by atoms with E-state index in [0.717, 1.165) is 24.1 Å². The molecule has 3 heterocycles. The van der Waals surface area contributed by atoms with Gasteiger partial charge in [0.15, 0.2) is 11.5 Å². The van der Waals surface area contributed by atoms with E-state index in [1.165, 1.54) is 6.07 Å². The van der Waals surface area contributed by atoms with E-state index in [4.69, 9.17) is 9.47 Å². The number of benzene rings is 1. The Kier molecular flexibility index (Phi) is 4.59. The third-order valence-electron chi connectivity index (χ3n) is 5.05. The highest BCUT2D eigenvalue weighted by Gasteiger charge is 2.32. The average molecular weight is 369 g/mol. The van der Waals surface area contributed by atoms with E-state index in [0.29, 0.717) is 23.9 Å². The predicted molar refractivity (Wildman–Crippen MR) is 98.9 cm³/mol. The summed E-state index contributed by atoms with van der Waals surface area (Å²) in [5.41, 5.74) is 1.47. The first-order valence-electron chi connectivity index (χ1n) is 9.30. The number of nitrogens with zero attached hydrogens (tertiary/aromatic N) is 2. The fraction of sp³-hybridized carbons (Fsp3) is 0.450. The van der Waals surface area contributed by atoms with E-state index < -0.39 is 0 Å². The quantitative estimate of drug-likeness (QED) is 0.895. The van der Waals surface area contributed by atoms with Gasteiger partial charge >= 0.3 is 0 Å². The number of hydrogen-bond donors (Lipinski definition) is 1. The number of likely N-dealkylation sites (tertiary alicyclic amines) is 1. The number of carbonyl (C=O) groups is 1. The molecule has 1 atom stereocenters. The molecule has 0 aliphatic carbocycles. The number of ether oxygens (including phenoxy) is 2. The van der Waals surface area contributed by atoms with Crippen molar-refractivity contribution in [2.75, 3.05) is 13.3 Å². The minimum absolute atomic E-state index is 0.0222. The van der Waals surface area contributed by atoms with Crippen molar-refractivity contribution in [1.82, 2.24) is 14.9 Å². The van der Waals surface area contributed by atoms with E-state index >= 15 is 0 Å².